The van der Waals surface area contributed by atoms with E-state index in [2.05, 4.69) is 29.2 Å². The number of aromatic hydroxyl groups is 1. The molecular weight excluding hydrogens is 476 g/mol. The van der Waals surface area contributed by atoms with E-state index >= 15 is 0 Å². The number of phenols is 1. The lowest BCUT2D eigenvalue weighted by Crippen LogP contribution is -2.80. The van der Waals surface area contributed by atoms with Gasteiger partial charge in [-0.2, -0.15) is 0 Å². The summed E-state index contributed by atoms with van der Waals surface area (Å²) in [6.45, 7) is 2.68. The fraction of sp³-hybridized carbons (Fsp3) is 0.531. The van der Waals surface area contributed by atoms with Crippen LogP contribution in [0.15, 0.2) is 54.6 Å². The third-order valence-corrected chi connectivity index (χ3v) is 11.0. The van der Waals surface area contributed by atoms with E-state index in [1.165, 1.54) is 24.0 Å². The zero-order valence-corrected chi connectivity index (χ0v) is 22.0. The van der Waals surface area contributed by atoms with Crippen molar-refractivity contribution in [3.8, 4) is 11.5 Å². The number of benzene rings is 2. The molecule has 198 valence electrons. The predicted octanol–water partition coefficient (Wildman–Crippen LogP) is 3.44. The van der Waals surface area contributed by atoms with Crippen LogP contribution < -0.4 is 4.74 Å². The summed E-state index contributed by atoms with van der Waals surface area (Å²) >= 11 is 0. The highest BCUT2D eigenvalue weighted by atomic mass is 16.5. The number of likely N-dealkylation sites (tertiary alicyclic amines) is 1. The number of hydrogen-bond acceptors (Lipinski definition) is 5. The Bertz CT molecular complexity index is 1350. The molecular formula is C32H36N2O4. The van der Waals surface area contributed by atoms with Gasteiger partial charge in [0, 0.05) is 37.2 Å². The number of carbonyl (C=O) groups is 1. The molecule has 2 N–H and O–H groups in total. The SMILES string of the molecule is CN(CCc1ccccc1)C(=O)[C@H]1C[C@@]23C=C[C@@]1(O)C1Oc4c(O)ccc5c4[C@@]12CCN(CC1CC1)C3C5. The fourth-order valence-corrected chi connectivity index (χ4v) is 9.08. The molecule has 2 unspecified atom stereocenters. The highest BCUT2D eigenvalue weighted by Crippen LogP contribution is 2.74. The van der Waals surface area contributed by atoms with E-state index in [1.54, 1.807) is 11.0 Å². The summed E-state index contributed by atoms with van der Waals surface area (Å²) in [6.07, 6.45) is 9.39. The molecule has 2 spiro atoms. The van der Waals surface area contributed by atoms with Crippen molar-refractivity contribution in [2.75, 3.05) is 26.7 Å². The largest absolute Gasteiger partial charge is 0.504 e. The lowest BCUT2D eigenvalue weighted by molar-refractivity contribution is -0.210. The standard InChI is InChI=1S/C32H36N2O4/c1-33(15-11-20-5-3-2-4-6-20)28(36)23-18-30-12-13-32(23,37)29-31(30)14-16-34(19-21-7-8-21)25(30)17-22-9-10-24(35)27(38-29)26(22)31/h2-6,9-10,12-13,21,23,25,29,35,37H,7-8,11,14-19H2,1H3/t23-,25?,29?,30-,31+,32+/m1/s1. The van der Waals surface area contributed by atoms with Crippen LogP contribution in [0.5, 0.6) is 11.5 Å². The van der Waals surface area contributed by atoms with E-state index in [-0.39, 0.29) is 23.1 Å². The number of rotatable bonds is 6. The fourth-order valence-electron chi connectivity index (χ4n) is 9.08. The summed E-state index contributed by atoms with van der Waals surface area (Å²) in [7, 11) is 1.86. The molecule has 5 aliphatic carbocycles. The van der Waals surface area contributed by atoms with E-state index in [0.717, 1.165) is 43.8 Å². The van der Waals surface area contributed by atoms with Crippen LogP contribution in [0.3, 0.4) is 0 Å². The number of fused-ring (bicyclic) bond motifs is 1. The number of nitrogens with zero attached hydrogens (tertiary/aromatic N) is 2. The molecule has 6 atom stereocenters. The van der Waals surface area contributed by atoms with Crippen molar-refractivity contribution in [2.24, 2.45) is 17.3 Å². The van der Waals surface area contributed by atoms with Gasteiger partial charge in [-0.3, -0.25) is 9.69 Å². The van der Waals surface area contributed by atoms with E-state index in [9.17, 15) is 15.0 Å². The Labute approximate surface area is 223 Å². The summed E-state index contributed by atoms with van der Waals surface area (Å²) in [5.41, 5.74) is 1.41. The molecule has 0 radical (unpaired) electrons. The van der Waals surface area contributed by atoms with Gasteiger partial charge in [-0.25, -0.2) is 0 Å². The molecule has 2 aromatic carbocycles. The van der Waals surface area contributed by atoms with Gasteiger partial charge in [0.15, 0.2) is 11.5 Å². The molecule has 6 nitrogen and oxygen atoms in total. The second-order valence-electron chi connectivity index (χ2n) is 12.8. The maximum Gasteiger partial charge on any atom is 0.228 e. The molecule has 3 fully saturated rings. The normalized spacial score (nSPS) is 37.6. The van der Waals surface area contributed by atoms with Crippen molar-refractivity contribution in [3.05, 3.63) is 71.3 Å². The van der Waals surface area contributed by atoms with Gasteiger partial charge in [0.25, 0.3) is 0 Å². The predicted molar refractivity (Wildman–Crippen MR) is 143 cm³/mol. The van der Waals surface area contributed by atoms with Gasteiger partial charge in [-0.05, 0) is 68.2 Å². The maximum absolute atomic E-state index is 14.1. The number of carbonyl (C=O) groups excluding carboxylic acids is 1. The van der Waals surface area contributed by atoms with Crippen molar-refractivity contribution in [2.45, 2.75) is 61.7 Å². The van der Waals surface area contributed by atoms with Gasteiger partial charge in [-0.1, -0.05) is 48.6 Å². The number of piperidine rings is 1. The first-order chi connectivity index (χ1) is 18.4. The highest BCUT2D eigenvalue weighted by Gasteiger charge is 2.79. The molecule has 38 heavy (non-hydrogen) atoms. The molecule has 1 amide bonds. The van der Waals surface area contributed by atoms with Crippen LogP contribution >= 0.6 is 0 Å². The average molecular weight is 513 g/mol. The summed E-state index contributed by atoms with van der Waals surface area (Å²) in [5, 5.41) is 23.3. The minimum absolute atomic E-state index is 0.0107. The number of amides is 1. The number of phenolic OH excluding ortho intramolecular Hbond substituents is 1. The third kappa shape index (κ3) is 2.78. The van der Waals surface area contributed by atoms with Crippen molar-refractivity contribution in [3.63, 3.8) is 0 Å². The van der Waals surface area contributed by atoms with E-state index in [0.29, 0.717) is 18.7 Å². The van der Waals surface area contributed by atoms with Crippen LogP contribution in [0.4, 0.5) is 0 Å². The van der Waals surface area contributed by atoms with Gasteiger partial charge >= 0.3 is 0 Å². The number of hydrogen-bond donors (Lipinski definition) is 2. The monoisotopic (exact) mass is 512 g/mol. The van der Waals surface area contributed by atoms with Gasteiger partial charge in [0.1, 0.15) is 11.7 Å². The number of likely N-dealkylation sites (N-methyl/N-ethyl adjacent to an activating group) is 1. The van der Waals surface area contributed by atoms with Gasteiger partial charge in [0.2, 0.25) is 5.91 Å². The summed E-state index contributed by atoms with van der Waals surface area (Å²) in [6, 6.07) is 14.3. The zero-order chi connectivity index (χ0) is 25.9. The Morgan fingerprint density at radius 2 is 1.97 bits per heavy atom. The Morgan fingerprint density at radius 3 is 2.76 bits per heavy atom. The first-order valence-corrected chi connectivity index (χ1v) is 14.3. The van der Waals surface area contributed by atoms with Crippen LogP contribution in [-0.4, -0.2) is 70.3 Å². The summed E-state index contributed by atoms with van der Waals surface area (Å²) in [4.78, 5) is 18.6. The van der Waals surface area contributed by atoms with Crippen LogP contribution in [0, 0.1) is 17.3 Å². The Kier molecular flexibility index (Phi) is 4.64. The van der Waals surface area contributed by atoms with Crippen LogP contribution in [0.2, 0.25) is 0 Å². The van der Waals surface area contributed by atoms with Crippen LogP contribution in [0.25, 0.3) is 0 Å². The quantitative estimate of drug-likeness (QED) is 0.581. The minimum Gasteiger partial charge on any atom is -0.504 e. The highest BCUT2D eigenvalue weighted by molar-refractivity contribution is 5.82. The third-order valence-electron chi connectivity index (χ3n) is 11.0. The number of aliphatic hydroxyl groups is 1. The summed E-state index contributed by atoms with van der Waals surface area (Å²) in [5.74, 6) is 0.879. The molecule has 4 bridgehead atoms. The number of ether oxygens (including phenoxy) is 1. The zero-order valence-electron chi connectivity index (χ0n) is 22.0. The van der Waals surface area contributed by atoms with Crippen molar-refractivity contribution in [1.82, 2.24) is 9.80 Å². The molecule has 2 saturated carbocycles. The van der Waals surface area contributed by atoms with Crippen LogP contribution in [0.1, 0.15) is 42.4 Å². The summed E-state index contributed by atoms with van der Waals surface area (Å²) < 4.78 is 6.62. The molecule has 7 aliphatic rings. The lowest BCUT2D eigenvalue weighted by atomic mass is 9.37. The van der Waals surface area contributed by atoms with Crippen molar-refractivity contribution in [1.29, 1.82) is 0 Å². The molecule has 6 heteroatoms. The smallest absolute Gasteiger partial charge is 0.228 e. The van der Waals surface area contributed by atoms with E-state index in [1.807, 2.05) is 31.3 Å². The second kappa shape index (κ2) is 7.64. The van der Waals surface area contributed by atoms with Gasteiger partial charge < -0.3 is 19.8 Å². The lowest BCUT2D eigenvalue weighted by Gasteiger charge is -2.70. The van der Waals surface area contributed by atoms with Gasteiger partial charge in [0.05, 0.1) is 11.3 Å². The Balaban J connectivity index is 1.20. The van der Waals surface area contributed by atoms with Crippen LogP contribution in [-0.2, 0) is 23.1 Å². The molecule has 2 aliphatic heterocycles. The Hall–Kier alpha value is -2.83. The van der Waals surface area contributed by atoms with Crippen molar-refractivity contribution < 1.29 is 19.7 Å². The minimum atomic E-state index is -1.41. The maximum atomic E-state index is 14.1. The van der Waals surface area contributed by atoms with Gasteiger partial charge in [-0.15, -0.1) is 0 Å². The molecule has 9 rings (SSSR count). The molecule has 1 saturated heterocycles. The topological polar surface area (TPSA) is 73.2 Å². The second-order valence-corrected chi connectivity index (χ2v) is 12.8. The van der Waals surface area contributed by atoms with Crippen molar-refractivity contribution >= 4 is 5.91 Å². The first kappa shape index (κ1) is 23.1. The van der Waals surface area contributed by atoms with E-state index in [4.69, 9.17) is 4.74 Å². The molecule has 2 aromatic rings. The average Bonchev–Trinajstić information content (AvgIpc) is 3.67. The molecule has 2 heterocycles. The van der Waals surface area contributed by atoms with E-state index < -0.39 is 23.0 Å². The molecule has 0 aromatic heterocycles. The Morgan fingerprint density at radius 1 is 1.16 bits per heavy atom. The first-order valence-electron chi connectivity index (χ1n) is 14.3.